The second kappa shape index (κ2) is 7.26. The highest BCUT2D eigenvalue weighted by Gasteiger charge is 2.14. The highest BCUT2D eigenvalue weighted by atomic mass is 16.5. The lowest BCUT2D eigenvalue weighted by Crippen LogP contribution is -2.37. The number of carbonyl (C=O) groups is 1. The number of carbonyl (C=O) groups excluding carboxylic acids is 1. The zero-order valence-corrected chi connectivity index (χ0v) is 11.8. The number of hydrogen-bond donors (Lipinski definition) is 3. The van der Waals surface area contributed by atoms with Gasteiger partial charge in [0.2, 0.25) is 0 Å². The number of nitrogens with one attached hydrogen (secondary N) is 2. The lowest BCUT2D eigenvalue weighted by atomic mass is 9.90. The van der Waals surface area contributed by atoms with Gasteiger partial charge in [0.05, 0.1) is 12.7 Å². The van der Waals surface area contributed by atoms with E-state index in [1.807, 2.05) is 12.1 Å². The third kappa shape index (κ3) is 3.95. The molecule has 5 nitrogen and oxygen atoms in total. The molecule has 0 spiro atoms. The molecule has 0 bridgehead atoms. The van der Waals surface area contributed by atoms with Crippen LogP contribution in [0.5, 0.6) is 0 Å². The lowest BCUT2D eigenvalue weighted by molar-refractivity contribution is 0.0663. The van der Waals surface area contributed by atoms with Crippen LogP contribution in [0.15, 0.2) is 18.2 Å². The van der Waals surface area contributed by atoms with Gasteiger partial charge in [0, 0.05) is 19.3 Å². The van der Waals surface area contributed by atoms with Crippen molar-refractivity contribution in [2.24, 2.45) is 0 Å². The van der Waals surface area contributed by atoms with E-state index in [4.69, 9.17) is 4.74 Å². The Morgan fingerprint density at radius 2 is 2.20 bits per heavy atom. The number of urea groups is 1. The maximum atomic E-state index is 11.8. The van der Waals surface area contributed by atoms with E-state index in [0.29, 0.717) is 0 Å². The first kappa shape index (κ1) is 14.8. The van der Waals surface area contributed by atoms with Crippen LogP contribution in [0, 0.1) is 0 Å². The number of aliphatic hydroxyl groups excluding tert-OH is 1. The first-order valence-corrected chi connectivity index (χ1v) is 7.03. The van der Waals surface area contributed by atoms with Gasteiger partial charge in [-0.2, -0.15) is 0 Å². The molecule has 1 aromatic rings. The number of rotatable bonds is 5. The van der Waals surface area contributed by atoms with Crippen LogP contribution in [-0.4, -0.2) is 37.5 Å². The molecule has 2 amide bonds. The predicted octanol–water partition coefficient (Wildman–Crippen LogP) is 1.69. The molecule has 1 aliphatic rings. The lowest BCUT2D eigenvalue weighted by Gasteiger charge is -2.20. The molecule has 2 rings (SSSR count). The van der Waals surface area contributed by atoms with Crippen molar-refractivity contribution < 1.29 is 14.6 Å². The molecule has 0 saturated heterocycles. The first-order valence-electron chi connectivity index (χ1n) is 7.03. The number of hydrogen-bond acceptors (Lipinski definition) is 3. The second-order valence-electron chi connectivity index (χ2n) is 5.09. The van der Waals surface area contributed by atoms with Gasteiger partial charge in [-0.25, -0.2) is 4.79 Å². The van der Waals surface area contributed by atoms with Crippen LogP contribution in [-0.2, 0) is 17.6 Å². The molecule has 0 saturated carbocycles. The summed E-state index contributed by atoms with van der Waals surface area (Å²) >= 11 is 0. The summed E-state index contributed by atoms with van der Waals surface area (Å²) < 4.78 is 4.81. The van der Waals surface area contributed by atoms with Gasteiger partial charge >= 0.3 is 6.03 Å². The van der Waals surface area contributed by atoms with Crippen LogP contribution in [0.25, 0.3) is 0 Å². The topological polar surface area (TPSA) is 70.6 Å². The van der Waals surface area contributed by atoms with Gasteiger partial charge < -0.3 is 20.5 Å². The normalized spacial score (nSPS) is 15.3. The number of amides is 2. The predicted molar refractivity (Wildman–Crippen MR) is 78.0 cm³/mol. The third-order valence-electron chi connectivity index (χ3n) is 3.50. The van der Waals surface area contributed by atoms with Gasteiger partial charge in [0.1, 0.15) is 0 Å². The maximum Gasteiger partial charge on any atom is 0.319 e. The Kier molecular flexibility index (Phi) is 5.38. The molecular formula is C15H22N2O3. The van der Waals surface area contributed by atoms with Gasteiger partial charge in [-0.3, -0.25) is 0 Å². The molecule has 5 heteroatoms. The third-order valence-corrected chi connectivity index (χ3v) is 3.50. The molecule has 0 fully saturated rings. The van der Waals surface area contributed by atoms with Crippen LogP contribution >= 0.6 is 0 Å². The molecule has 110 valence electrons. The maximum absolute atomic E-state index is 11.8. The fraction of sp³-hybridized carbons (Fsp3) is 0.533. The van der Waals surface area contributed by atoms with E-state index < -0.39 is 6.10 Å². The molecule has 0 radical (unpaired) electrons. The average Bonchev–Trinajstić information content (AvgIpc) is 2.46. The fourth-order valence-corrected chi connectivity index (χ4v) is 2.53. The Bertz CT molecular complexity index is 462. The average molecular weight is 278 g/mol. The minimum Gasteiger partial charge on any atom is -0.389 e. The molecule has 1 atom stereocenters. The molecular weight excluding hydrogens is 256 g/mol. The smallest absolute Gasteiger partial charge is 0.319 e. The van der Waals surface area contributed by atoms with Crippen molar-refractivity contribution in [3.8, 4) is 0 Å². The summed E-state index contributed by atoms with van der Waals surface area (Å²) in [5, 5.41) is 15.0. The highest BCUT2D eigenvalue weighted by molar-refractivity contribution is 5.90. The van der Waals surface area contributed by atoms with E-state index >= 15 is 0 Å². The van der Waals surface area contributed by atoms with Crippen molar-refractivity contribution in [2.45, 2.75) is 31.8 Å². The Labute approximate surface area is 119 Å². The van der Waals surface area contributed by atoms with Crippen molar-refractivity contribution in [3.05, 3.63) is 29.3 Å². The van der Waals surface area contributed by atoms with Crippen LogP contribution in [0.1, 0.15) is 24.0 Å². The monoisotopic (exact) mass is 278 g/mol. The Hall–Kier alpha value is -1.59. The van der Waals surface area contributed by atoms with Crippen molar-refractivity contribution in [1.82, 2.24) is 5.32 Å². The van der Waals surface area contributed by atoms with E-state index in [-0.39, 0.29) is 19.2 Å². The molecule has 1 aromatic carbocycles. The van der Waals surface area contributed by atoms with E-state index in [0.717, 1.165) is 18.5 Å². The van der Waals surface area contributed by atoms with Gasteiger partial charge in [-0.15, -0.1) is 0 Å². The van der Waals surface area contributed by atoms with Crippen LogP contribution < -0.4 is 10.6 Å². The number of methoxy groups -OCH3 is 1. The molecule has 1 unspecified atom stereocenters. The summed E-state index contributed by atoms with van der Waals surface area (Å²) in [5.41, 5.74) is 3.45. The van der Waals surface area contributed by atoms with Gasteiger partial charge in [0.25, 0.3) is 0 Å². The van der Waals surface area contributed by atoms with Gasteiger partial charge in [-0.1, -0.05) is 12.1 Å². The highest BCUT2D eigenvalue weighted by Crippen LogP contribution is 2.27. The van der Waals surface area contributed by atoms with E-state index in [9.17, 15) is 9.90 Å². The molecule has 0 aromatic heterocycles. The summed E-state index contributed by atoms with van der Waals surface area (Å²) in [6.07, 6.45) is 3.79. The van der Waals surface area contributed by atoms with E-state index in [1.54, 1.807) is 0 Å². The van der Waals surface area contributed by atoms with Crippen molar-refractivity contribution in [2.75, 3.05) is 25.6 Å². The standard InChI is InChI=1S/C15H22N2O3/c1-20-10-12(18)9-16-15(19)17-14-8-4-6-11-5-2-3-7-13(11)14/h4,6,8,12,18H,2-3,5,7,9-10H2,1H3,(H2,16,17,19). The Balaban J connectivity index is 1.91. The van der Waals surface area contributed by atoms with E-state index in [2.05, 4.69) is 16.7 Å². The Morgan fingerprint density at radius 3 is 3.00 bits per heavy atom. The van der Waals surface area contributed by atoms with Crippen molar-refractivity contribution in [1.29, 1.82) is 0 Å². The fourth-order valence-electron chi connectivity index (χ4n) is 2.53. The van der Waals surface area contributed by atoms with E-state index in [1.165, 1.54) is 31.1 Å². The zero-order valence-electron chi connectivity index (χ0n) is 11.8. The minimum absolute atomic E-state index is 0.175. The minimum atomic E-state index is -0.685. The summed E-state index contributed by atoms with van der Waals surface area (Å²) in [4.78, 5) is 11.8. The van der Waals surface area contributed by atoms with Crippen LogP contribution in [0.3, 0.4) is 0 Å². The number of ether oxygens (including phenoxy) is 1. The quantitative estimate of drug-likeness (QED) is 0.767. The molecule has 20 heavy (non-hydrogen) atoms. The van der Waals surface area contributed by atoms with Gasteiger partial charge in [0.15, 0.2) is 0 Å². The first-order chi connectivity index (χ1) is 9.70. The summed E-state index contributed by atoms with van der Waals surface area (Å²) in [5.74, 6) is 0. The molecule has 1 aliphatic carbocycles. The van der Waals surface area contributed by atoms with Crippen LogP contribution in [0.4, 0.5) is 10.5 Å². The summed E-state index contributed by atoms with van der Waals surface area (Å²) in [7, 11) is 1.51. The number of fused-ring (bicyclic) bond motifs is 1. The number of benzene rings is 1. The van der Waals surface area contributed by atoms with Crippen molar-refractivity contribution >= 4 is 11.7 Å². The summed E-state index contributed by atoms with van der Waals surface area (Å²) in [6, 6.07) is 5.73. The molecule has 0 aliphatic heterocycles. The molecule has 0 heterocycles. The number of anilines is 1. The summed E-state index contributed by atoms with van der Waals surface area (Å²) in [6.45, 7) is 0.385. The van der Waals surface area contributed by atoms with Crippen LogP contribution in [0.2, 0.25) is 0 Å². The number of aryl methyl sites for hydroxylation is 1. The SMILES string of the molecule is COCC(O)CNC(=O)Nc1cccc2c1CCCC2. The second-order valence-corrected chi connectivity index (χ2v) is 5.09. The largest absolute Gasteiger partial charge is 0.389 e. The Morgan fingerprint density at radius 1 is 1.40 bits per heavy atom. The van der Waals surface area contributed by atoms with Gasteiger partial charge in [-0.05, 0) is 42.9 Å². The molecule has 3 N–H and O–H groups in total. The van der Waals surface area contributed by atoms with Crippen molar-refractivity contribution in [3.63, 3.8) is 0 Å². The zero-order chi connectivity index (χ0) is 14.4. The number of aliphatic hydroxyl groups is 1.